The molecule has 0 spiro atoms. The van der Waals surface area contributed by atoms with Crippen molar-refractivity contribution in [2.75, 3.05) is 4.72 Å². The molecule has 0 fully saturated rings. The third kappa shape index (κ3) is 3.07. The molecule has 2 rings (SSSR count). The summed E-state index contributed by atoms with van der Waals surface area (Å²) in [6.07, 6.45) is 0.841. The van der Waals surface area contributed by atoms with E-state index >= 15 is 0 Å². The normalized spacial score (nSPS) is 11.5. The minimum Gasteiger partial charge on any atom is -0.300 e. The van der Waals surface area contributed by atoms with Crippen LogP contribution in [0.1, 0.15) is 18.2 Å². The first-order valence-electron chi connectivity index (χ1n) is 7.07. The SMILES string of the molecule is CCc1ccc(NS(=O)(=O)c2c(C)n(C)c(=O)n(C)c2=O)cc1. The zero-order chi connectivity index (χ0) is 17.4. The molecule has 0 bridgehead atoms. The minimum atomic E-state index is -4.10. The average molecular weight is 337 g/mol. The van der Waals surface area contributed by atoms with E-state index in [1.807, 2.05) is 19.1 Å². The Morgan fingerprint density at radius 1 is 1.04 bits per heavy atom. The van der Waals surface area contributed by atoms with Crippen LogP contribution in [0.2, 0.25) is 0 Å². The molecule has 124 valence electrons. The Kier molecular flexibility index (Phi) is 4.46. The van der Waals surface area contributed by atoms with E-state index in [4.69, 9.17) is 0 Å². The van der Waals surface area contributed by atoms with Gasteiger partial charge in [-0.15, -0.1) is 0 Å². The van der Waals surface area contributed by atoms with Gasteiger partial charge in [0.15, 0.2) is 4.90 Å². The Morgan fingerprint density at radius 2 is 1.61 bits per heavy atom. The first kappa shape index (κ1) is 17.0. The zero-order valence-corrected chi connectivity index (χ0v) is 14.3. The minimum absolute atomic E-state index is 0.0933. The summed E-state index contributed by atoms with van der Waals surface area (Å²) >= 11 is 0. The second-order valence-corrected chi connectivity index (χ2v) is 6.90. The van der Waals surface area contributed by atoms with Gasteiger partial charge in [-0.3, -0.25) is 18.7 Å². The standard InChI is InChI=1S/C15H19N3O4S/c1-5-11-6-8-12(9-7-11)16-23(21,22)13-10(2)17(3)15(20)18(4)14(13)19/h6-9,16H,5H2,1-4H3. The Balaban J connectivity index is 2.56. The highest BCUT2D eigenvalue weighted by Crippen LogP contribution is 2.16. The molecule has 0 radical (unpaired) electrons. The molecule has 1 heterocycles. The first-order valence-corrected chi connectivity index (χ1v) is 8.55. The number of sulfonamides is 1. The third-order valence-electron chi connectivity index (χ3n) is 3.79. The molecule has 0 saturated heterocycles. The molecule has 23 heavy (non-hydrogen) atoms. The Hall–Kier alpha value is -2.35. The van der Waals surface area contributed by atoms with Crippen molar-refractivity contribution in [2.24, 2.45) is 14.1 Å². The maximum atomic E-state index is 12.6. The highest BCUT2D eigenvalue weighted by molar-refractivity contribution is 7.92. The second-order valence-electron chi connectivity index (χ2n) is 5.28. The number of hydrogen-bond acceptors (Lipinski definition) is 4. The lowest BCUT2D eigenvalue weighted by Gasteiger charge is -2.13. The molecule has 0 saturated carbocycles. The summed E-state index contributed by atoms with van der Waals surface area (Å²) in [5, 5.41) is 0. The molecule has 8 heteroatoms. The topological polar surface area (TPSA) is 90.2 Å². The smallest absolute Gasteiger partial charge is 0.300 e. The van der Waals surface area contributed by atoms with E-state index in [9.17, 15) is 18.0 Å². The van der Waals surface area contributed by atoms with Crippen molar-refractivity contribution >= 4 is 15.7 Å². The van der Waals surface area contributed by atoms with Crippen molar-refractivity contribution in [3.05, 3.63) is 56.4 Å². The predicted octanol–water partition coefficient (Wildman–Crippen LogP) is 0.756. The van der Waals surface area contributed by atoms with Gasteiger partial charge in [0.1, 0.15) is 0 Å². The summed E-state index contributed by atoms with van der Waals surface area (Å²) in [5.74, 6) is 0. The van der Waals surface area contributed by atoms with Gasteiger partial charge in [0, 0.05) is 25.5 Å². The summed E-state index contributed by atoms with van der Waals surface area (Å²) in [6.45, 7) is 3.42. The highest BCUT2D eigenvalue weighted by Gasteiger charge is 2.25. The summed E-state index contributed by atoms with van der Waals surface area (Å²) < 4.78 is 29.4. The lowest BCUT2D eigenvalue weighted by molar-refractivity contribution is 0.583. The fourth-order valence-corrected chi connectivity index (χ4v) is 3.68. The van der Waals surface area contributed by atoms with Crippen LogP contribution in [0, 0.1) is 6.92 Å². The Bertz CT molecular complexity index is 954. The molecule has 0 aliphatic carbocycles. The van der Waals surface area contributed by atoms with Crippen LogP contribution in [0.3, 0.4) is 0 Å². The van der Waals surface area contributed by atoms with Crippen LogP contribution in [-0.4, -0.2) is 17.6 Å². The molecule has 1 N–H and O–H groups in total. The molecule has 0 amide bonds. The number of aryl methyl sites for hydroxylation is 1. The van der Waals surface area contributed by atoms with E-state index in [2.05, 4.69) is 4.72 Å². The Labute approximate surface area is 134 Å². The van der Waals surface area contributed by atoms with Crippen molar-refractivity contribution in [1.29, 1.82) is 0 Å². The number of anilines is 1. The second kappa shape index (κ2) is 6.04. The van der Waals surface area contributed by atoms with E-state index in [1.165, 1.54) is 21.0 Å². The maximum absolute atomic E-state index is 12.6. The van der Waals surface area contributed by atoms with E-state index in [1.54, 1.807) is 12.1 Å². The fourth-order valence-electron chi connectivity index (χ4n) is 2.24. The molecule has 0 unspecified atom stereocenters. The largest absolute Gasteiger partial charge is 0.330 e. The van der Waals surface area contributed by atoms with Crippen molar-refractivity contribution < 1.29 is 8.42 Å². The lowest BCUT2D eigenvalue weighted by Crippen LogP contribution is -2.42. The van der Waals surface area contributed by atoms with Crippen LogP contribution in [0.15, 0.2) is 38.8 Å². The molecular weight excluding hydrogens is 318 g/mol. The number of aromatic nitrogens is 2. The molecule has 0 aliphatic heterocycles. The predicted molar refractivity (Wildman–Crippen MR) is 88.3 cm³/mol. The monoisotopic (exact) mass is 337 g/mol. The average Bonchev–Trinajstić information content (AvgIpc) is 2.51. The van der Waals surface area contributed by atoms with Crippen LogP contribution in [0.4, 0.5) is 5.69 Å². The van der Waals surface area contributed by atoms with Gasteiger partial charge in [-0.25, -0.2) is 13.2 Å². The highest BCUT2D eigenvalue weighted by atomic mass is 32.2. The van der Waals surface area contributed by atoms with Gasteiger partial charge >= 0.3 is 5.69 Å². The number of rotatable bonds is 4. The fraction of sp³-hybridized carbons (Fsp3) is 0.333. The Morgan fingerprint density at radius 3 is 2.13 bits per heavy atom. The quantitative estimate of drug-likeness (QED) is 0.892. The van der Waals surface area contributed by atoms with E-state index in [0.29, 0.717) is 5.69 Å². The summed E-state index contributed by atoms with van der Waals surface area (Å²) in [6, 6.07) is 6.89. The number of hydrogen-bond donors (Lipinski definition) is 1. The van der Waals surface area contributed by atoms with Crippen LogP contribution in [-0.2, 0) is 30.5 Å². The van der Waals surface area contributed by atoms with Gasteiger partial charge < -0.3 is 0 Å². The van der Waals surface area contributed by atoms with Crippen molar-refractivity contribution in [3.8, 4) is 0 Å². The molecule has 1 aromatic heterocycles. The van der Waals surface area contributed by atoms with Crippen molar-refractivity contribution in [2.45, 2.75) is 25.2 Å². The van der Waals surface area contributed by atoms with Crippen molar-refractivity contribution in [1.82, 2.24) is 9.13 Å². The van der Waals surface area contributed by atoms with Gasteiger partial charge in [0.05, 0.1) is 0 Å². The van der Waals surface area contributed by atoms with Gasteiger partial charge in [0.25, 0.3) is 15.6 Å². The van der Waals surface area contributed by atoms with Gasteiger partial charge in [0.2, 0.25) is 0 Å². The number of nitrogens with zero attached hydrogens (tertiary/aromatic N) is 2. The number of nitrogens with one attached hydrogen (secondary N) is 1. The van der Waals surface area contributed by atoms with E-state index in [-0.39, 0.29) is 5.69 Å². The van der Waals surface area contributed by atoms with Crippen LogP contribution >= 0.6 is 0 Å². The van der Waals surface area contributed by atoms with Crippen LogP contribution in [0.25, 0.3) is 0 Å². The van der Waals surface area contributed by atoms with Crippen LogP contribution in [0.5, 0.6) is 0 Å². The molecule has 2 aromatic rings. The zero-order valence-electron chi connectivity index (χ0n) is 13.5. The van der Waals surface area contributed by atoms with E-state index in [0.717, 1.165) is 21.1 Å². The van der Waals surface area contributed by atoms with Crippen molar-refractivity contribution in [3.63, 3.8) is 0 Å². The van der Waals surface area contributed by atoms with Gasteiger partial charge in [-0.05, 0) is 31.0 Å². The summed E-state index contributed by atoms with van der Waals surface area (Å²) in [5.41, 5.74) is 0.109. The summed E-state index contributed by atoms with van der Waals surface area (Å²) in [7, 11) is -1.43. The molecular formula is C15H19N3O4S. The molecule has 7 nitrogen and oxygen atoms in total. The maximum Gasteiger partial charge on any atom is 0.330 e. The molecule has 0 aliphatic rings. The van der Waals surface area contributed by atoms with E-state index < -0.39 is 26.2 Å². The molecule has 0 atom stereocenters. The first-order chi connectivity index (χ1) is 10.7. The van der Waals surface area contributed by atoms with Gasteiger partial charge in [-0.2, -0.15) is 0 Å². The number of benzene rings is 1. The third-order valence-corrected chi connectivity index (χ3v) is 5.30. The molecule has 1 aromatic carbocycles. The lowest BCUT2D eigenvalue weighted by atomic mass is 10.2. The summed E-state index contributed by atoms with van der Waals surface area (Å²) in [4.78, 5) is 23.6. The van der Waals surface area contributed by atoms with Gasteiger partial charge in [-0.1, -0.05) is 19.1 Å². The van der Waals surface area contributed by atoms with Crippen LogP contribution < -0.4 is 16.0 Å².